The predicted octanol–water partition coefficient (Wildman–Crippen LogP) is 6.29. The number of aliphatic carboxylic acids is 1. The molecule has 0 bridgehead atoms. The Morgan fingerprint density at radius 2 is 1.92 bits per heavy atom. The third-order valence-corrected chi connectivity index (χ3v) is 9.00. The van der Waals surface area contributed by atoms with Gasteiger partial charge in [0.25, 0.3) is 0 Å². The summed E-state index contributed by atoms with van der Waals surface area (Å²) in [7, 11) is 0. The molecule has 5 rings (SSSR count). The number of hydrogen-bond acceptors (Lipinski definition) is 4. The van der Waals surface area contributed by atoms with Crippen molar-refractivity contribution in [2.45, 2.75) is 92.8 Å². The van der Waals surface area contributed by atoms with Gasteiger partial charge in [0.15, 0.2) is 11.6 Å². The Hall–Kier alpha value is -2.22. The molecule has 0 unspecified atom stereocenters. The summed E-state index contributed by atoms with van der Waals surface area (Å²) in [4.78, 5) is 43.1. The van der Waals surface area contributed by atoms with Crippen LogP contribution >= 0.6 is 0 Å². The van der Waals surface area contributed by atoms with Gasteiger partial charge < -0.3 is 5.11 Å². The molecular formula is C31H41NO4. The molecule has 0 aliphatic heterocycles. The number of carbonyl (C=O) groups excluding carboxylic acids is 2. The number of ketones is 2. The molecule has 3 saturated carbocycles. The van der Waals surface area contributed by atoms with Gasteiger partial charge in [-0.25, -0.2) is 0 Å². The number of nitriles is 1. The molecule has 194 valence electrons. The van der Waals surface area contributed by atoms with Crippen molar-refractivity contribution < 1.29 is 53.8 Å². The Balaban J connectivity index is 2.14. The van der Waals surface area contributed by atoms with Gasteiger partial charge in [-0.3, -0.25) is 14.4 Å². The smallest absolute Gasteiger partial charge is 0.309 e. The van der Waals surface area contributed by atoms with Gasteiger partial charge >= 0.3 is 5.97 Å². The number of carboxylic acid groups (broad SMARTS) is 1. The maximum atomic E-state index is 15.3. The highest BCUT2D eigenvalue weighted by Crippen LogP contribution is 2.74. The zero-order valence-corrected chi connectivity index (χ0v) is 19.0. The molecule has 0 spiro atoms. The summed E-state index contributed by atoms with van der Waals surface area (Å²) in [6, 6.07) is 1.28. The first-order chi connectivity index (χ1) is 26.8. The summed E-state index contributed by atoms with van der Waals surface area (Å²) in [6.07, 6.45) is -14.7. The number of nitrogens with zero attached hydrogens (tertiary/aromatic N) is 1. The maximum absolute atomic E-state index is 15.3. The first kappa shape index (κ1) is 9.21. The minimum absolute atomic E-state index is 0.148. The van der Waals surface area contributed by atoms with Gasteiger partial charge in [0.2, 0.25) is 0 Å². The van der Waals surface area contributed by atoms with E-state index < -0.39 is 172 Å². The van der Waals surface area contributed by atoms with E-state index in [2.05, 4.69) is 0 Å². The second kappa shape index (κ2) is 7.21. The zero-order chi connectivity index (χ0) is 47.8. The van der Waals surface area contributed by atoms with Gasteiger partial charge in [0.1, 0.15) is 6.07 Å². The van der Waals surface area contributed by atoms with Crippen LogP contribution in [0.1, 0.15) is 127 Å². The van der Waals surface area contributed by atoms with E-state index in [9.17, 15) is 22.7 Å². The predicted molar refractivity (Wildman–Crippen MR) is 137 cm³/mol. The van der Waals surface area contributed by atoms with Crippen molar-refractivity contribution in [3.8, 4) is 6.07 Å². The highest BCUT2D eigenvalue weighted by molar-refractivity contribution is 6.04. The summed E-state index contributed by atoms with van der Waals surface area (Å²) < 4.78 is 220. The first-order valence-electron chi connectivity index (χ1n) is 24.0. The van der Waals surface area contributed by atoms with Crippen molar-refractivity contribution in [3.63, 3.8) is 0 Å². The van der Waals surface area contributed by atoms with Gasteiger partial charge in [-0.1, -0.05) is 59.6 Å². The number of carboxylic acids is 1. The van der Waals surface area contributed by atoms with Crippen molar-refractivity contribution in [2.75, 3.05) is 0 Å². The van der Waals surface area contributed by atoms with Crippen LogP contribution in [0, 0.1) is 61.6 Å². The normalized spacial score (nSPS) is 62.2. The van der Waals surface area contributed by atoms with Crippen LogP contribution in [0.4, 0.5) is 0 Å². The lowest BCUT2D eigenvalue weighted by atomic mass is 9.34. The molecule has 3 fully saturated rings. The highest BCUT2D eigenvalue weighted by Gasteiger charge is 2.70. The molecule has 0 heterocycles. The van der Waals surface area contributed by atoms with Crippen LogP contribution in [0.25, 0.3) is 0 Å². The van der Waals surface area contributed by atoms with E-state index in [0.717, 1.165) is 0 Å². The Morgan fingerprint density at radius 1 is 1.11 bits per heavy atom. The van der Waals surface area contributed by atoms with Crippen molar-refractivity contribution in [3.05, 3.63) is 23.3 Å². The van der Waals surface area contributed by atoms with Gasteiger partial charge in [0.05, 0.1) is 11.0 Å². The monoisotopic (exact) mass is 516 g/mol. The molecule has 0 radical (unpaired) electrons. The summed E-state index contributed by atoms with van der Waals surface area (Å²) in [5, 5.41) is 21.2. The number of carbonyl (C=O) groups is 3. The number of allylic oxidation sites excluding steroid dienone is 4. The minimum Gasteiger partial charge on any atom is -0.481 e. The van der Waals surface area contributed by atoms with Crippen LogP contribution < -0.4 is 0 Å². The van der Waals surface area contributed by atoms with Crippen LogP contribution in [0.2, 0.25) is 0 Å². The van der Waals surface area contributed by atoms with Gasteiger partial charge in [-0.15, -0.1) is 0 Å². The maximum Gasteiger partial charge on any atom is 0.309 e. The Kier molecular flexibility index (Phi) is 1.84. The fourth-order valence-corrected chi connectivity index (χ4v) is 7.17. The molecule has 5 aliphatic rings. The lowest BCUT2D eigenvalue weighted by Crippen LogP contribution is -2.65. The van der Waals surface area contributed by atoms with Crippen molar-refractivity contribution in [1.29, 1.82) is 5.26 Å². The molecular weight excluding hydrogens is 450 g/mol. The standard InChI is InChI=1S/C31H41NO4/c1-26(2)10-12-31(25(35)36)13-11-30(7)23(19(31)16-26)20(33)14-22-28(5)15-18(17-32)24(34)27(3,4)21(28)8-9-29(22,30)6/h14-15,19,21,23H,8-13,16H2,1-7H3,(H,35,36)/t19-,21-,23-,28-,29+,30+,31-/m0/s1/i1D3,2D3,3D3,4D3,5D3,6D3,7D3,12D2,16D2. The largest absolute Gasteiger partial charge is 0.481 e. The van der Waals surface area contributed by atoms with E-state index in [1.54, 1.807) is 0 Å². The lowest BCUT2D eigenvalue weighted by Gasteiger charge is -2.68. The van der Waals surface area contributed by atoms with E-state index in [1.165, 1.54) is 6.07 Å². The topological polar surface area (TPSA) is 95.2 Å². The lowest BCUT2D eigenvalue weighted by molar-refractivity contribution is -0.188. The van der Waals surface area contributed by atoms with E-state index >= 15 is 4.79 Å². The molecule has 0 saturated heterocycles. The van der Waals surface area contributed by atoms with E-state index in [-0.39, 0.29) is 6.08 Å². The van der Waals surface area contributed by atoms with Crippen LogP contribution in [0.5, 0.6) is 0 Å². The van der Waals surface area contributed by atoms with Crippen molar-refractivity contribution in [1.82, 2.24) is 0 Å². The van der Waals surface area contributed by atoms with Crippen LogP contribution in [-0.2, 0) is 14.4 Å². The molecule has 1 N–H and O–H groups in total. The third kappa shape index (κ3) is 2.85. The summed E-state index contributed by atoms with van der Waals surface area (Å²) in [6.45, 7) is -28.3. The Labute approximate surface area is 250 Å². The number of fused-ring (bicyclic) bond motifs is 7. The highest BCUT2D eigenvalue weighted by atomic mass is 16.4. The molecule has 5 nitrogen and oxygen atoms in total. The number of rotatable bonds is 1. The molecule has 7 atom stereocenters. The van der Waals surface area contributed by atoms with E-state index in [4.69, 9.17) is 31.5 Å². The van der Waals surface area contributed by atoms with Crippen molar-refractivity contribution >= 4 is 17.5 Å². The fraction of sp³-hybridized carbons (Fsp3) is 0.742. The summed E-state index contributed by atoms with van der Waals surface area (Å²) >= 11 is 0. The molecule has 5 heteroatoms. The molecule has 0 aromatic heterocycles. The zero-order valence-electron chi connectivity index (χ0n) is 44.0. The van der Waals surface area contributed by atoms with E-state index in [0.29, 0.717) is 6.08 Å². The van der Waals surface area contributed by atoms with Gasteiger partial charge in [-0.05, 0) is 79.0 Å². The summed E-state index contributed by atoms with van der Waals surface area (Å²) in [5.41, 5.74) is -24.5. The SMILES string of the molecule is [2H]C([2H])([2H])C1(C([2H])([2H])[2H])C(=O)C(C#N)=C[C@]2(C([2H])([2H])[2H])C3=CC(=O)[C@@H]4[C@@H]5C([2H])([2H])C(C([2H])([2H])[2H])(C([2H])([2H])[2H])CC([2H])([2H])[C@]5(C(=O)O)CC[C@@]4(C([2H])([2H])[2H])[C@]3(C([2H])([2H])[2H])CC[C@@H]12. The second-order valence-corrected chi connectivity index (χ2v) is 10.7. The fourth-order valence-electron chi connectivity index (χ4n) is 7.17. The van der Waals surface area contributed by atoms with E-state index in [1.807, 2.05) is 0 Å². The molecule has 0 aromatic rings. The molecule has 0 aromatic carbocycles. The van der Waals surface area contributed by atoms with Crippen LogP contribution in [-0.4, -0.2) is 22.6 Å². The van der Waals surface area contributed by atoms with Gasteiger partial charge in [0, 0.05) is 51.0 Å². The average Bonchev–Trinajstić information content (AvgIpc) is 3.01. The Bertz CT molecular complexity index is 2010. The van der Waals surface area contributed by atoms with Crippen LogP contribution in [0.15, 0.2) is 23.3 Å². The van der Waals surface area contributed by atoms with Crippen molar-refractivity contribution in [2.24, 2.45) is 50.2 Å². The molecule has 0 amide bonds. The van der Waals surface area contributed by atoms with Crippen LogP contribution in [0.3, 0.4) is 0 Å². The number of hydrogen-bond donors (Lipinski definition) is 1. The third-order valence-electron chi connectivity index (χ3n) is 9.00. The second-order valence-electron chi connectivity index (χ2n) is 10.7. The Morgan fingerprint density at radius 3 is 2.53 bits per heavy atom. The van der Waals surface area contributed by atoms with Gasteiger partial charge in [-0.2, -0.15) is 5.26 Å². The number of Topliss-reactive ketones (excluding diaryl/α,β-unsaturated/α-hetero) is 1. The summed E-state index contributed by atoms with van der Waals surface area (Å²) in [5.74, 6) is -14.9. The quantitative estimate of drug-likeness (QED) is 0.442. The molecule has 36 heavy (non-hydrogen) atoms. The average molecular weight is 517 g/mol. The molecule has 5 aliphatic carbocycles. The first-order valence-corrected chi connectivity index (χ1v) is 11.5. The minimum atomic E-state index is -4.16.